The molecule has 3 nitrogen and oxygen atoms in total. The van der Waals surface area contributed by atoms with Gasteiger partial charge in [-0.25, -0.2) is 0 Å². The maximum absolute atomic E-state index is 12.0. The van der Waals surface area contributed by atoms with E-state index in [1.807, 2.05) is 25.1 Å². The molecule has 1 aromatic carbocycles. The van der Waals surface area contributed by atoms with Crippen molar-refractivity contribution >= 4 is 67.3 Å². The molecular weight excluding hydrogens is 415 g/mol. The van der Waals surface area contributed by atoms with Gasteiger partial charge in [-0.2, -0.15) is 0 Å². The second-order valence-electron chi connectivity index (χ2n) is 3.48. The van der Waals surface area contributed by atoms with Crippen molar-refractivity contribution in [2.75, 3.05) is 5.32 Å². The highest BCUT2D eigenvalue weighted by molar-refractivity contribution is 14.1. The van der Waals surface area contributed by atoms with Crippen LogP contribution in [0.3, 0.4) is 0 Å². The molecule has 1 unspecified atom stereocenters. The van der Waals surface area contributed by atoms with E-state index in [0.29, 0.717) is 6.42 Å². The van der Waals surface area contributed by atoms with Gasteiger partial charge in [-0.15, -0.1) is 0 Å². The zero-order chi connectivity index (χ0) is 13.0. The van der Waals surface area contributed by atoms with Gasteiger partial charge in [-0.05, 0) is 47.2 Å². The first-order valence-electron chi connectivity index (χ1n) is 5.01. The van der Waals surface area contributed by atoms with Crippen LogP contribution in [0.25, 0.3) is 0 Å². The molecule has 0 aliphatic carbocycles. The lowest BCUT2D eigenvalue weighted by molar-refractivity contribution is -0.118. The number of carbonyl (C=O) groups is 1. The molecule has 0 aromatic heterocycles. The summed E-state index contributed by atoms with van der Waals surface area (Å²) in [7, 11) is 0. The molecule has 1 atom stereocenters. The maximum atomic E-state index is 12.0. The molecule has 0 aliphatic rings. The molecular formula is C11H12BrIN2OS. The molecule has 0 fully saturated rings. The highest BCUT2D eigenvalue weighted by atomic mass is 127. The van der Waals surface area contributed by atoms with E-state index in [4.69, 9.17) is 18.0 Å². The fourth-order valence-electron chi connectivity index (χ4n) is 1.33. The number of benzene rings is 1. The number of carbonyl (C=O) groups excluding carboxylic acids is 1. The summed E-state index contributed by atoms with van der Waals surface area (Å²) in [4.78, 5) is 12.2. The van der Waals surface area contributed by atoms with E-state index in [2.05, 4.69) is 43.8 Å². The molecule has 1 rings (SSSR count). The number of anilines is 1. The molecule has 0 heterocycles. The Morgan fingerprint density at radius 2 is 2.29 bits per heavy atom. The molecule has 1 aromatic rings. The number of hydrogen-bond acceptors (Lipinski definition) is 2. The van der Waals surface area contributed by atoms with Crippen molar-refractivity contribution in [3.63, 3.8) is 0 Å². The second-order valence-corrected chi connectivity index (χ2v) is 6.03. The smallest absolute Gasteiger partial charge is 0.234 e. The van der Waals surface area contributed by atoms with E-state index >= 15 is 0 Å². The highest BCUT2D eigenvalue weighted by Gasteiger charge is 2.19. The fourth-order valence-corrected chi connectivity index (χ4v) is 2.43. The molecule has 92 valence electrons. The number of halogens is 2. The van der Waals surface area contributed by atoms with Crippen LogP contribution < -0.4 is 11.1 Å². The van der Waals surface area contributed by atoms with Gasteiger partial charge in [-0.3, -0.25) is 4.79 Å². The van der Waals surface area contributed by atoms with Gasteiger partial charge in [0, 0.05) is 8.04 Å². The number of nitrogens with one attached hydrogen (secondary N) is 1. The topological polar surface area (TPSA) is 55.1 Å². The summed E-state index contributed by atoms with van der Waals surface area (Å²) in [5.41, 5.74) is 6.29. The molecule has 0 saturated carbocycles. The molecule has 6 heteroatoms. The quantitative estimate of drug-likeness (QED) is 0.573. The third-order valence-corrected chi connectivity index (χ3v) is 3.97. The predicted octanol–water partition coefficient (Wildman–Crippen LogP) is 3.30. The second kappa shape index (κ2) is 6.65. The summed E-state index contributed by atoms with van der Waals surface area (Å²) in [5, 5.41) is 2.84. The largest absolute Gasteiger partial charge is 0.393 e. The number of rotatable bonds is 4. The Hall–Kier alpha value is -0.210. The Morgan fingerprint density at radius 3 is 2.82 bits per heavy atom. The van der Waals surface area contributed by atoms with Crippen molar-refractivity contribution in [1.29, 1.82) is 0 Å². The Labute approximate surface area is 128 Å². The minimum atomic E-state index is -0.417. The van der Waals surface area contributed by atoms with Crippen molar-refractivity contribution in [2.45, 2.75) is 13.3 Å². The summed E-state index contributed by atoms with van der Waals surface area (Å²) in [5.74, 6) is -0.573. The van der Waals surface area contributed by atoms with Crippen LogP contribution in [0, 0.1) is 9.49 Å². The molecule has 3 N–H and O–H groups in total. The Morgan fingerprint density at radius 1 is 1.65 bits per heavy atom. The SMILES string of the molecule is CCC(C(=O)Nc1cc(Br)ccc1I)C(N)=S. The van der Waals surface area contributed by atoms with Crippen LogP contribution in [0.1, 0.15) is 13.3 Å². The molecule has 17 heavy (non-hydrogen) atoms. The van der Waals surface area contributed by atoms with Gasteiger partial charge in [0.1, 0.15) is 0 Å². The van der Waals surface area contributed by atoms with Gasteiger partial charge in [0.15, 0.2) is 0 Å². The standard InChI is InChI=1S/C11H12BrIN2OS/c1-2-7(10(14)17)11(16)15-9-5-6(12)3-4-8(9)13/h3-5,7H,2H2,1H3,(H2,14,17)(H,15,16). The molecule has 0 saturated heterocycles. The van der Waals surface area contributed by atoms with Crippen LogP contribution in [-0.4, -0.2) is 10.9 Å². The van der Waals surface area contributed by atoms with Crippen molar-refractivity contribution in [1.82, 2.24) is 0 Å². The van der Waals surface area contributed by atoms with Gasteiger partial charge < -0.3 is 11.1 Å². The number of nitrogens with two attached hydrogens (primary N) is 1. The molecule has 0 spiro atoms. The highest BCUT2D eigenvalue weighted by Crippen LogP contribution is 2.23. The first kappa shape index (κ1) is 14.8. The van der Waals surface area contributed by atoms with Crippen molar-refractivity contribution in [2.24, 2.45) is 11.7 Å². The van der Waals surface area contributed by atoms with Crippen LogP contribution in [0.4, 0.5) is 5.69 Å². The third kappa shape index (κ3) is 4.18. The van der Waals surface area contributed by atoms with Crippen molar-refractivity contribution in [3.05, 3.63) is 26.2 Å². The fraction of sp³-hybridized carbons (Fsp3) is 0.273. The summed E-state index contributed by atoms with van der Waals surface area (Å²) in [6, 6.07) is 5.69. The number of amides is 1. The van der Waals surface area contributed by atoms with Crippen LogP contribution in [0.15, 0.2) is 22.7 Å². The summed E-state index contributed by atoms with van der Waals surface area (Å²) < 4.78 is 1.88. The van der Waals surface area contributed by atoms with Crippen molar-refractivity contribution in [3.8, 4) is 0 Å². The Bertz CT molecular complexity index is 453. The van der Waals surface area contributed by atoms with Gasteiger partial charge in [0.2, 0.25) is 5.91 Å². The predicted molar refractivity (Wildman–Crippen MR) is 86.1 cm³/mol. The van der Waals surface area contributed by atoms with E-state index in [-0.39, 0.29) is 10.9 Å². The average molecular weight is 427 g/mol. The van der Waals surface area contributed by atoms with E-state index < -0.39 is 5.92 Å². The maximum Gasteiger partial charge on any atom is 0.234 e. The van der Waals surface area contributed by atoms with Crippen LogP contribution in [-0.2, 0) is 4.79 Å². The third-order valence-electron chi connectivity index (χ3n) is 2.25. The zero-order valence-electron chi connectivity index (χ0n) is 9.17. The Balaban J connectivity index is 2.87. The van der Waals surface area contributed by atoms with E-state index in [1.165, 1.54) is 0 Å². The zero-order valence-corrected chi connectivity index (χ0v) is 13.7. The van der Waals surface area contributed by atoms with Crippen LogP contribution >= 0.6 is 50.7 Å². The molecule has 0 aliphatic heterocycles. The minimum absolute atomic E-state index is 0.156. The lowest BCUT2D eigenvalue weighted by Crippen LogP contribution is -2.32. The van der Waals surface area contributed by atoms with Crippen LogP contribution in [0.2, 0.25) is 0 Å². The number of thiocarbonyl (C=S) groups is 1. The summed E-state index contributed by atoms with van der Waals surface area (Å²) >= 11 is 10.4. The molecule has 0 bridgehead atoms. The summed E-state index contributed by atoms with van der Waals surface area (Å²) in [6.07, 6.45) is 0.603. The molecule has 0 radical (unpaired) electrons. The monoisotopic (exact) mass is 426 g/mol. The van der Waals surface area contributed by atoms with E-state index in [9.17, 15) is 4.79 Å². The Kier molecular flexibility index (Phi) is 5.81. The minimum Gasteiger partial charge on any atom is -0.393 e. The first-order chi connectivity index (χ1) is 7.95. The van der Waals surface area contributed by atoms with Gasteiger partial charge in [-0.1, -0.05) is 35.1 Å². The van der Waals surface area contributed by atoms with Crippen LogP contribution in [0.5, 0.6) is 0 Å². The molecule has 1 amide bonds. The van der Waals surface area contributed by atoms with Gasteiger partial charge in [0.05, 0.1) is 16.6 Å². The number of hydrogen-bond donors (Lipinski definition) is 2. The van der Waals surface area contributed by atoms with Crippen molar-refractivity contribution < 1.29 is 4.79 Å². The van der Waals surface area contributed by atoms with E-state index in [0.717, 1.165) is 13.7 Å². The van der Waals surface area contributed by atoms with E-state index in [1.54, 1.807) is 0 Å². The lowest BCUT2D eigenvalue weighted by Gasteiger charge is -2.14. The lowest BCUT2D eigenvalue weighted by atomic mass is 10.1. The first-order valence-corrected chi connectivity index (χ1v) is 7.29. The average Bonchev–Trinajstić information content (AvgIpc) is 2.24. The summed E-state index contributed by atoms with van der Waals surface area (Å²) in [6.45, 7) is 1.88. The van der Waals surface area contributed by atoms with Gasteiger partial charge >= 0.3 is 0 Å². The normalized spacial score (nSPS) is 11.9. The van der Waals surface area contributed by atoms with Gasteiger partial charge in [0.25, 0.3) is 0 Å².